The first kappa shape index (κ1) is 15.8. The van der Waals surface area contributed by atoms with Crippen LogP contribution in [0.1, 0.15) is 24.1 Å². The maximum atomic E-state index is 12.2. The number of hydrogen-bond acceptors (Lipinski definition) is 5. The number of carbonyl (C=O) groups excluding carboxylic acids is 1. The lowest BCUT2D eigenvalue weighted by atomic mass is 10.2. The third kappa shape index (κ3) is 3.62. The number of piperazine rings is 1. The van der Waals surface area contributed by atoms with Crippen LogP contribution in [0, 0.1) is 18.3 Å². The highest BCUT2D eigenvalue weighted by Crippen LogP contribution is 2.19. The average Bonchev–Trinajstić information content (AvgIpc) is 3.10. The molecule has 1 aromatic heterocycles. The Bertz CT molecular complexity index is 610. The Morgan fingerprint density at radius 1 is 1.17 bits per heavy atom. The molecule has 122 valence electrons. The van der Waals surface area contributed by atoms with E-state index in [0.29, 0.717) is 12.1 Å². The van der Waals surface area contributed by atoms with Crippen molar-refractivity contribution in [1.29, 1.82) is 5.26 Å². The van der Waals surface area contributed by atoms with E-state index in [-0.39, 0.29) is 5.91 Å². The van der Waals surface area contributed by atoms with Gasteiger partial charge >= 0.3 is 0 Å². The van der Waals surface area contributed by atoms with Gasteiger partial charge in [-0.15, -0.1) is 0 Å². The van der Waals surface area contributed by atoms with Crippen LogP contribution in [0.2, 0.25) is 0 Å². The van der Waals surface area contributed by atoms with Gasteiger partial charge in [-0.1, -0.05) is 0 Å². The number of anilines is 1. The molecule has 2 saturated heterocycles. The number of carbonyl (C=O) groups is 1. The summed E-state index contributed by atoms with van der Waals surface area (Å²) in [7, 11) is 0. The van der Waals surface area contributed by atoms with Crippen molar-refractivity contribution in [2.75, 3.05) is 50.7 Å². The molecular formula is C17H23N5O. The minimum Gasteiger partial charge on any atom is -0.353 e. The van der Waals surface area contributed by atoms with Crippen molar-refractivity contribution in [2.45, 2.75) is 19.8 Å². The number of aryl methyl sites for hydroxylation is 1. The number of aromatic nitrogens is 1. The van der Waals surface area contributed by atoms with E-state index in [4.69, 9.17) is 0 Å². The zero-order valence-corrected chi connectivity index (χ0v) is 13.7. The van der Waals surface area contributed by atoms with Gasteiger partial charge < -0.3 is 9.80 Å². The molecule has 3 heterocycles. The quantitative estimate of drug-likeness (QED) is 0.833. The van der Waals surface area contributed by atoms with Crippen molar-refractivity contribution in [3.05, 3.63) is 23.4 Å². The van der Waals surface area contributed by atoms with E-state index in [1.807, 2.05) is 24.0 Å². The van der Waals surface area contributed by atoms with Crippen LogP contribution in [0.15, 0.2) is 12.1 Å². The van der Waals surface area contributed by atoms with E-state index in [2.05, 4.69) is 20.9 Å². The number of amides is 1. The van der Waals surface area contributed by atoms with Gasteiger partial charge in [0.2, 0.25) is 5.91 Å². The molecule has 2 aliphatic heterocycles. The monoisotopic (exact) mass is 313 g/mol. The van der Waals surface area contributed by atoms with Crippen LogP contribution in [0.25, 0.3) is 0 Å². The fourth-order valence-electron chi connectivity index (χ4n) is 3.25. The van der Waals surface area contributed by atoms with Crippen LogP contribution in [-0.2, 0) is 4.79 Å². The van der Waals surface area contributed by atoms with Gasteiger partial charge in [0, 0.05) is 45.0 Å². The van der Waals surface area contributed by atoms with Crippen LogP contribution >= 0.6 is 0 Å². The largest absolute Gasteiger partial charge is 0.353 e. The molecule has 2 fully saturated rings. The van der Waals surface area contributed by atoms with Crippen molar-refractivity contribution < 1.29 is 4.79 Å². The van der Waals surface area contributed by atoms with Gasteiger partial charge in [-0.3, -0.25) is 9.69 Å². The maximum Gasteiger partial charge on any atom is 0.236 e. The number of likely N-dealkylation sites (tertiary alicyclic amines) is 1. The highest BCUT2D eigenvalue weighted by Gasteiger charge is 2.24. The Hall–Kier alpha value is -2.13. The molecular weight excluding hydrogens is 290 g/mol. The summed E-state index contributed by atoms with van der Waals surface area (Å²) >= 11 is 0. The van der Waals surface area contributed by atoms with Crippen LogP contribution in [-0.4, -0.2) is 66.5 Å². The third-order valence-corrected chi connectivity index (χ3v) is 4.62. The smallest absolute Gasteiger partial charge is 0.236 e. The average molecular weight is 313 g/mol. The molecule has 23 heavy (non-hydrogen) atoms. The second kappa shape index (κ2) is 6.97. The highest BCUT2D eigenvalue weighted by atomic mass is 16.2. The van der Waals surface area contributed by atoms with Crippen molar-refractivity contribution >= 4 is 11.7 Å². The topological polar surface area (TPSA) is 63.5 Å². The molecule has 0 aliphatic carbocycles. The Labute approximate surface area is 137 Å². The Morgan fingerprint density at radius 2 is 1.87 bits per heavy atom. The molecule has 0 spiro atoms. The lowest BCUT2D eigenvalue weighted by molar-refractivity contribution is -0.131. The number of pyridine rings is 1. The molecule has 6 heteroatoms. The normalized spacial score (nSPS) is 19.0. The van der Waals surface area contributed by atoms with Gasteiger partial charge in [-0.25, -0.2) is 4.98 Å². The summed E-state index contributed by atoms with van der Waals surface area (Å²) in [6.07, 6.45) is 2.27. The van der Waals surface area contributed by atoms with Gasteiger partial charge in [0.05, 0.1) is 12.1 Å². The molecule has 1 aromatic rings. The fourth-order valence-corrected chi connectivity index (χ4v) is 3.25. The molecule has 0 N–H and O–H groups in total. The number of rotatable bonds is 3. The van der Waals surface area contributed by atoms with Crippen LogP contribution in [0.3, 0.4) is 0 Å². The molecule has 0 radical (unpaired) electrons. The molecule has 0 bridgehead atoms. The molecule has 6 nitrogen and oxygen atoms in total. The van der Waals surface area contributed by atoms with Gasteiger partial charge in [0.1, 0.15) is 11.9 Å². The van der Waals surface area contributed by atoms with Crippen molar-refractivity contribution in [2.24, 2.45) is 0 Å². The SMILES string of the molecule is Cc1ccc(C#N)c(N2CCN(CC(=O)N3CCCC3)CC2)n1. The first-order valence-electron chi connectivity index (χ1n) is 8.30. The Kier molecular flexibility index (Phi) is 4.77. The van der Waals surface area contributed by atoms with Crippen molar-refractivity contribution in [3.8, 4) is 6.07 Å². The first-order valence-corrected chi connectivity index (χ1v) is 8.30. The fraction of sp³-hybridized carbons (Fsp3) is 0.588. The molecule has 0 atom stereocenters. The molecule has 0 aromatic carbocycles. The van der Waals surface area contributed by atoms with E-state index < -0.39 is 0 Å². The number of nitriles is 1. The van der Waals surface area contributed by atoms with E-state index >= 15 is 0 Å². The molecule has 2 aliphatic rings. The lowest BCUT2D eigenvalue weighted by Gasteiger charge is -2.36. The highest BCUT2D eigenvalue weighted by molar-refractivity contribution is 5.78. The van der Waals surface area contributed by atoms with Gasteiger partial charge in [0.25, 0.3) is 0 Å². The van der Waals surface area contributed by atoms with Crippen LogP contribution in [0.5, 0.6) is 0 Å². The minimum absolute atomic E-state index is 0.252. The molecule has 3 rings (SSSR count). The summed E-state index contributed by atoms with van der Waals surface area (Å²) in [5, 5.41) is 9.25. The number of hydrogen-bond donors (Lipinski definition) is 0. The summed E-state index contributed by atoms with van der Waals surface area (Å²) in [6, 6.07) is 5.92. The first-order chi connectivity index (χ1) is 11.2. The molecule has 0 saturated carbocycles. The zero-order chi connectivity index (χ0) is 16.2. The summed E-state index contributed by atoms with van der Waals surface area (Å²) in [5.41, 5.74) is 1.54. The summed E-state index contributed by atoms with van der Waals surface area (Å²) in [5.74, 6) is 1.03. The molecule has 0 unspecified atom stereocenters. The molecule has 1 amide bonds. The van der Waals surface area contributed by atoms with Gasteiger partial charge in [-0.2, -0.15) is 5.26 Å². The summed E-state index contributed by atoms with van der Waals surface area (Å²) in [6.45, 7) is 7.56. The summed E-state index contributed by atoms with van der Waals surface area (Å²) in [4.78, 5) is 23.1. The number of nitrogens with zero attached hydrogens (tertiary/aromatic N) is 5. The van der Waals surface area contributed by atoms with E-state index in [9.17, 15) is 10.1 Å². The van der Waals surface area contributed by atoms with Crippen molar-refractivity contribution in [1.82, 2.24) is 14.8 Å². The summed E-state index contributed by atoms with van der Waals surface area (Å²) < 4.78 is 0. The van der Waals surface area contributed by atoms with Gasteiger partial charge in [-0.05, 0) is 31.9 Å². The van der Waals surface area contributed by atoms with E-state index in [0.717, 1.165) is 63.6 Å². The second-order valence-corrected chi connectivity index (χ2v) is 6.29. The minimum atomic E-state index is 0.252. The Balaban J connectivity index is 1.57. The van der Waals surface area contributed by atoms with Gasteiger partial charge in [0.15, 0.2) is 0 Å². The lowest BCUT2D eigenvalue weighted by Crippen LogP contribution is -2.50. The zero-order valence-electron chi connectivity index (χ0n) is 13.7. The van der Waals surface area contributed by atoms with Crippen molar-refractivity contribution in [3.63, 3.8) is 0 Å². The maximum absolute atomic E-state index is 12.2. The Morgan fingerprint density at radius 3 is 2.52 bits per heavy atom. The third-order valence-electron chi connectivity index (χ3n) is 4.62. The van der Waals surface area contributed by atoms with Crippen LogP contribution in [0.4, 0.5) is 5.82 Å². The standard InChI is InChI=1S/C17H23N5O/c1-14-4-5-15(12-18)17(19-14)22-10-8-20(9-11-22)13-16(23)21-6-2-3-7-21/h4-5H,2-3,6-11,13H2,1H3. The van der Waals surface area contributed by atoms with Crippen LogP contribution < -0.4 is 4.90 Å². The second-order valence-electron chi connectivity index (χ2n) is 6.29. The predicted octanol–water partition coefficient (Wildman–Crippen LogP) is 1.01. The predicted molar refractivity (Wildman–Crippen MR) is 88.2 cm³/mol. The van der Waals surface area contributed by atoms with E-state index in [1.165, 1.54) is 0 Å². The van der Waals surface area contributed by atoms with E-state index in [1.54, 1.807) is 0 Å².